The molecule has 0 spiro atoms. The Morgan fingerprint density at radius 1 is 0.784 bits per heavy atom. The van der Waals surface area contributed by atoms with Crippen LogP contribution >= 0.6 is 0 Å². The fraction of sp³-hybridized carbons (Fsp3) is 0.469. The third kappa shape index (κ3) is 10.7. The van der Waals surface area contributed by atoms with Gasteiger partial charge in [-0.15, -0.1) is 0 Å². The third-order valence-corrected chi connectivity index (χ3v) is 6.71. The van der Waals surface area contributed by atoms with E-state index < -0.39 is 0 Å². The van der Waals surface area contributed by atoms with Crippen LogP contribution in [0.2, 0.25) is 0 Å². The molecular formula is C32H44N4O. The van der Waals surface area contributed by atoms with Gasteiger partial charge in [0, 0.05) is 23.7 Å². The average molecular weight is 501 g/mol. The molecule has 5 heteroatoms. The third-order valence-electron chi connectivity index (χ3n) is 6.71. The van der Waals surface area contributed by atoms with Gasteiger partial charge in [-0.05, 0) is 18.6 Å². The molecule has 0 atom stereocenters. The Hall–Kier alpha value is -3.21. The zero-order chi connectivity index (χ0) is 26.0. The van der Waals surface area contributed by atoms with Gasteiger partial charge in [-0.1, -0.05) is 133 Å². The van der Waals surface area contributed by atoms with Crippen molar-refractivity contribution < 1.29 is 4.79 Å². The highest BCUT2D eigenvalue weighted by Crippen LogP contribution is 2.22. The number of amides is 1. The number of rotatable bonds is 18. The highest BCUT2D eigenvalue weighted by molar-refractivity contribution is 5.89. The molecule has 2 aromatic carbocycles. The number of hydrogen-bond acceptors (Lipinski definition) is 3. The van der Waals surface area contributed by atoms with Gasteiger partial charge in [0.15, 0.2) is 0 Å². The topological polar surface area (TPSA) is 59.3 Å². The van der Waals surface area contributed by atoms with Crippen molar-refractivity contribution in [2.45, 2.75) is 96.8 Å². The van der Waals surface area contributed by atoms with Crippen molar-refractivity contribution in [1.82, 2.24) is 15.2 Å². The van der Waals surface area contributed by atoms with Gasteiger partial charge in [0.1, 0.15) is 5.69 Å². The summed E-state index contributed by atoms with van der Waals surface area (Å²) in [6.45, 7) is 2.27. The molecule has 0 bridgehead atoms. The monoisotopic (exact) mass is 500 g/mol. The number of aromatic nitrogens is 2. The number of carbonyl (C=O) groups excluding carboxylic acids is 1. The first-order chi connectivity index (χ1) is 18.3. The summed E-state index contributed by atoms with van der Waals surface area (Å²) in [6, 6.07) is 20.0. The Balaban J connectivity index is 1.35. The van der Waals surface area contributed by atoms with Crippen LogP contribution in [0.5, 0.6) is 0 Å². The number of hydrazone groups is 1. The second-order valence-electron chi connectivity index (χ2n) is 9.87. The maximum Gasteiger partial charge on any atom is 0.240 e. The van der Waals surface area contributed by atoms with Crippen LogP contribution < -0.4 is 5.43 Å². The van der Waals surface area contributed by atoms with Gasteiger partial charge in [-0.25, -0.2) is 10.1 Å². The highest BCUT2D eigenvalue weighted by Gasteiger charge is 2.11. The van der Waals surface area contributed by atoms with Crippen molar-refractivity contribution in [1.29, 1.82) is 0 Å². The number of nitrogens with zero attached hydrogens (tertiary/aromatic N) is 3. The minimum atomic E-state index is -0.0314. The van der Waals surface area contributed by atoms with E-state index in [1.54, 1.807) is 6.21 Å². The van der Waals surface area contributed by atoms with Gasteiger partial charge in [0.25, 0.3) is 0 Å². The minimum absolute atomic E-state index is 0.0314. The maximum absolute atomic E-state index is 12.3. The fourth-order valence-electron chi connectivity index (χ4n) is 4.55. The maximum atomic E-state index is 12.3. The van der Waals surface area contributed by atoms with Crippen molar-refractivity contribution in [2.75, 3.05) is 0 Å². The van der Waals surface area contributed by atoms with Crippen LogP contribution in [-0.2, 0) is 4.79 Å². The van der Waals surface area contributed by atoms with Crippen LogP contribution in [0.1, 0.15) is 102 Å². The number of hydrogen-bond donors (Lipinski definition) is 1. The van der Waals surface area contributed by atoms with Gasteiger partial charge >= 0.3 is 0 Å². The highest BCUT2D eigenvalue weighted by atomic mass is 16.2. The number of benzene rings is 2. The summed E-state index contributed by atoms with van der Waals surface area (Å²) in [5, 5.41) is 9.01. The summed E-state index contributed by atoms with van der Waals surface area (Å²) < 4.78 is 1.85. The molecule has 0 saturated carbocycles. The molecule has 0 saturated heterocycles. The molecule has 0 radical (unpaired) electrons. The van der Waals surface area contributed by atoms with Crippen LogP contribution in [0.25, 0.3) is 16.9 Å². The van der Waals surface area contributed by atoms with Crippen LogP contribution in [0.3, 0.4) is 0 Å². The van der Waals surface area contributed by atoms with E-state index >= 15 is 0 Å². The second kappa shape index (κ2) is 17.3. The first kappa shape index (κ1) is 28.4. The average Bonchev–Trinajstić information content (AvgIpc) is 3.36. The van der Waals surface area contributed by atoms with Gasteiger partial charge in [0.2, 0.25) is 5.91 Å². The second-order valence-corrected chi connectivity index (χ2v) is 9.87. The lowest BCUT2D eigenvalue weighted by molar-refractivity contribution is -0.121. The van der Waals surface area contributed by atoms with Gasteiger partial charge in [-0.2, -0.15) is 10.2 Å². The van der Waals surface area contributed by atoms with E-state index in [9.17, 15) is 4.79 Å². The molecule has 3 aromatic rings. The summed E-state index contributed by atoms with van der Waals surface area (Å²) in [7, 11) is 0. The Morgan fingerprint density at radius 3 is 1.92 bits per heavy atom. The van der Waals surface area contributed by atoms with E-state index in [-0.39, 0.29) is 5.91 Å². The number of para-hydroxylation sites is 1. The molecule has 1 N–H and O–H groups in total. The summed E-state index contributed by atoms with van der Waals surface area (Å²) in [6.07, 6.45) is 21.1. The summed E-state index contributed by atoms with van der Waals surface area (Å²) in [5.41, 5.74) is 6.37. The molecule has 1 aromatic heterocycles. The van der Waals surface area contributed by atoms with Crippen molar-refractivity contribution in [2.24, 2.45) is 5.10 Å². The quantitative estimate of drug-likeness (QED) is 0.108. The Bertz CT molecular complexity index is 1040. The predicted octanol–water partition coefficient (Wildman–Crippen LogP) is 8.47. The zero-order valence-electron chi connectivity index (χ0n) is 22.6. The van der Waals surface area contributed by atoms with Gasteiger partial charge in [-0.3, -0.25) is 4.79 Å². The van der Waals surface area contributed by atoms with E-state index in [0.717, 1.165) is 35.3 Å². The van der Waals surface area contributed by atoms with E-state index in [2.05, 4.69) is 17.5 Å². The zero-order valence-corrected chi connectivity index (χ0v) is 22.6. The number of carbonyl (C=O) groups is 1. The molecule has 0 fully saturated rings. The Kier molecular flexibility index (Phi) is 13.2. The SMILES string of the molecule is CCCCCCCCCCCCCCCC(=O)N/N=C/c1cn(-c2ccccc2)nc1-c1ccccc1. The van der Waals surface area contributed by atoms with Crippen molar-refractivity contribution in [3.63, 3.8) is 0 Å². The lowest BCUT2D eigenvalue weighted by Crippen LogP contribution is -2.16. The standard InChI is InChI=1S/C32H44N4O/c1-2-3-4-5-6-7-8-9-10-11-12-13-20-25-31(37)34-33-26-29-27-36(30-23-18-15-19-24-30)35-32(29)28-21-16-14-17-22-28/h14-19,21-24,26-27H,2-13,20,25H2,1H3,(H,34,37)/b33-26+. The lowest BCUT2D eigenvalue weighted by Gasteiger charge is -2.03. The largest absolute Gasteiger partial charge is 0.273 e. The Labute approximate surface area is 223 Å². The molecule has 0 aliphatic carbocycles. The first-order valence-electron chi connectivity index (χ1n) is 14.3. The number of unbranched alkanes of at least 4 members (excludes halogenated alkanes) is 12. The summed E-state index contributed by atoms with van der Waals surface area (Å²) >= 11 is 0. The van der Waals surface area contributed by atoms with E-state index in [0.29, 0.717) is 6.42 Å². The summed E-state index contributed by atoms with van der Waals surface area (Å²) in [4.78, 5) is 12.3. The molecule has 1 amide bonds. The first-order valence-corrected chi connectivity index (χ1v) is 14.3. The molecule has 3 rings (SSSR count). The molecule has 0 unspecified atom stereocenters. The molecule has 1 heterocycles. The van der Waals surface area contributed by atoms with Gasteiger partial charge < -0.3 is 0 Å². The van der Waals surface area contributed by atoms with Crippen molar-refractivity contribution in [3.8, 4) is 16.9 Å². The molecule has 5 nitrogen and oxygen atoms in total. The lowest BCUT2D eigenvalue weighted by atomic mass is 10.0. The van der Waals surface area contributed by atoms with Crippen molar-refractivity contribution in [3.05, 3.63) is 72.4 Å². The van der Waals surface area contributed by atoms with E-state index in [1.165, 1.54) is 70.6 Å². The van der Waals surface area contributed by atoms with Crippen LogP contribution in [0.4, 0.5) is 0 Å². The van der Waals surface area contributed by atoms with Crippen LogP contribution in [0, 0.1) is 0 Å². The molecule has 0 aliphatic heterocycles. The smallest absolute Gasteiger partial charge is 0.240 e. The summed E-state index contributed by atoms with van der Waals surface area (Å²) in [5.74, 6) is -0.0314. The number of nitrogens with one attached hydrogen (secondary N) is 1. The fourth-order valence-corrected chi connectivity index (χ4v) is 4.55. The molecule has 37 heavy (non-hydrogen) atoms. The normalized spacial score (nSPS) is 11.3. The predicted molar refractivity (Wildman–Crippen MR) is 155 cm³/mol. The van der Waals surface area contributed by atoms with E-state index in [4.69, 9.17) is 5.10 Å². The van der Waals surface area contributed by atoms with Crippen molar-refractivity contribution >= 4 is 12.1 Å². The minimum Gasteiger partial charge on any atom is -0.273 e. The van der Waals surface area contributed by atoms with Crippen LogP contribution in [0.15, 0.2) is 72.0 Å². The van der Waals surface area contributed by atoms with E-state index in [1.807, 2.05) is 71.5 Å². The Morgan fingerprint density at radius 2 is 1.32 bits per heavy atom. The molecular weight excluding hydrogens is 456 g/mol. The molecule has 0 aliphatic rings. The molecule has 198 valence electrons. The van der Waals surface area contributed by atoms with Crippen LogP contribution in [-0.4, -0.2) is 21.9 Å². The van der Waals surface area contributed by atoms with Gasteiger partial charge in [0.05, 0.1) is 11.9 Å².